The Morgan fingerprint density at radius 3 is 2.88 bits per heavy atom. The number of aromatic nitrogens is 2. The third-order valence-electron chi connectivity index (χ3n) is 1.78. The van der Waals surface area contributed by atoms with E-state index in [1.807, 2.05) is 19.1 Å². The van der Waals surface area contributed by atoms with E-state index in [2.05, 4.69) is 31.4 Å². The second-order valence-electron chi connectivity index (χ2n) is 2.96. The minimum absolute atomic E-state index is 0.637. The second-order valence-corrected chi connectivity index (χ2v) is 5.89. The van der Waals surface area contributed by atoms with Gasteiger partial charge in [-0.05, 0) is 52.6 Å². The van der Waals surface area contributed by atoms with Gasteiger partial charge in [-0.3, -0.25) is 0 Å². The normalized spacial score (nSPS) is 10.1. The average molecular weight is 312 g/mol. The molecule has 80 valence electrons. The van der Waals surface area contributed by atoms with E-state index < -0.39 is 0 Å². The van der Waals surface area contributed by atoms with Crippen LogP contribution in [0.5, 0.6) is 0 Å². The number of nitriles is 1. The summed E-state index contributed by atoms with van der Waals surface area (Å²) in [6.45, 7) is 1.87. The molecule has 0 radical (unpaired) electrons. The highest BCUT2D eigenvalue weighted by Crippen LogP contribution is 2.31. The predicted molar refractivity (Wildman–Crippen MR) is 67.6 cm³/mol. The quantitative estimate of drug-likeness (QED) is 0.849. The van der Waals surface area contributed by atoms with Gasteiger partial charge in [0.25, 0.3) is 0 Å². The number of nitrogens with zero attached hydrogens (tertiary/aromatic N) is 3. The smallest absolute Gasteiger partial charge is 0.174 e. The van der Waals surface area contributed by atoms with Gasteiger partial charge in [0.15, 0.2) is 4.34 Å². The summed E-state index contributed by atoms with van der Waals surface area (Å²) in [5.74, 6) is 0.792. The number of hydrogen-bond donors (Lipinski definition) is 0. The third-order valence-corrected chi connectivity index (χ3v) is 4.26. The summed E-state index contributed by atoms with van der Waals surface area (Å²) in [5, 5.41) is 8.80. The zero-order valence-corrected chi connectivity index (χ0v) is 11.5. The van der Waals surface area contributed by atoms with Gasteiger partial charge in [-0.2, -0.15) is 9.64 Å². The summed E-state index contributed by atoms with van der Waals surface area (Å²) in [6.07, 6.45) is 0. The Morgan fingerprint density at radius 2 is 2.31 bits per heavy atom. The first kappa shape index (κ1) is 11.6. The van der Waals surface area contributed by atoms with Gasteiger partial charge in [0.1, 0.15) is 11.9 Å². The summed E-state index contributed by atoms with van der Waals surface area (Å²) < 4.78 is 5.83. The van der Waals surface area contributed by atoms with Crippen molar-refractivity contribution in [3.05, 3.63) is 34.1 Å². The molecule has 0 aliphatic heterocycles. The highest BCUT2D eigenvalue weighted by molar-refractivity contribution is 9.10. The lowest BCUT2D eigenvalue weighted by atomic mass is 10.2. The van der Waals surface area contributed by atoms with Crippen LogP contribution in [0.2, 0.25) is 0 Å². The molecule has 0 fully saturated rings. The van der Waals surface area contributed by atoms with Crippen molar-refractivity contribution < 1.29 is 0 Å². The van der Waals surface area contributed by atoms with Crippen LogP contribution in [-0.2, 0) is 0 Å². The maximum atomic E-state index is 8.80. The van der Waals surface area contributed by atoms with Gasteiger partial charge in [-0.1, -0.05) is 11.8 Å². The molecular formula is C10H6BrN3S2. The van der Waals surface area contributed by atoms with E-state index in [1.165, 1.54) is 11.5 Å². The Balaban J connectivity index is 2.23. The van der Waals surface area contributed by atoms with Gasteiger partial charge >= 0.3 is 0 Å². The van der Waals surface area contributed by atoms with Crippen LogP contribution < -0.4 is 0 Å². The molecule has 16 heavy (non-hydrogen) atoms. The van der Waals surface area contributed by atoms with Crippen molar-refractivity contribution in [1.82, 2.24) is 9.36 Å². The van der Waals surface area contributed by atoms with Crippen molar-refractivity contribution in [2.45, 2.75) is 16.2 Å². The number of benzene rings is 1. The molecule has 0 atom stereocenters. The van der Waals surface area contributed by atoms with E-state index in [0.717, 1.165) is 19.5 Å². The molecule has 1 aromatic heterocycles. The van der Waals surface area contributed by atoms with Crippen molar-refractivity contribution in [3.8, 4) is 6.07 Å². The van der Waals surface area contributed by atoms with Crippen molar-refractivity contribution in [3.63, 3.8) is 0 Å². The molecule has 0 N–H and O–H groups in total. The molecule has 0 amide bonds. The molecule has 0 unspecified atom stereocenters. The first-order valence-electron chi connectivity index (χ1n) is 4.37. The molecule has 1 aromatic carbocycles. The number of aryl methyl sites for hydroxylation is 1. The minimum atomic E-state index is 0.637. The van der Waals surface area contributed by atoms with E-state index in [4.69, 9.17) is 5.26 Å². The highest BCUT2D eigenvalue weighted by Gasteiger charge is 2.05. The fourth-order valence-corrected chi connectivity index (χ4v) is 3.36. The van der Waals surface area contributed by atoms with E-state index >= 15 is 0 Å². The van der Waals surface area contributed by atoms with Crippen LogP contribution in [0.3, 0.4) is 0 Å². The summed E-state index contributed by atoms with van der Waals surface area (Å²) in [4.78, 5) is 5.31. The summed E-state index contributed by atoms with van der Waals surface area (Å²) in [7, 11) is 0. The molecule has 1 heterocycles. The van der Waals surface area contributed by atoms with Gasteiger partial charge in [-0.25, -0.2) is 4.98 Å². The Morgan fingerprint density at radius 1 is 1.50 bits per heavy atom. The Bertz CT molecular complexity index is 559. The van der Waals surface area contributed by atoms with Gasteiger partial charge in [-0.15, -0.1) is 0 Å². The molecule has 0 aliphatic rings. The van der Waals surface area contributed by atoms with Crippen LogP contribution in [0.25, 0.3) is 0 Å². The first-order valence-corrected chi connectivity index (χ1v) is 6.75. The standard InChI is InChI=1S/C10H6BrN3S2/c1-6-13-10(16-14-6)15-8-3-2-7(5-12)9(11)4-8/h2-4H,1H3. The van der Waals surface area contributed by atoms with Crippen molar-refractivity contribution >= 4 is 39.2 Å². The Labute approximate surface area is 110 Å². The maximum absolute atomic E-state index is 8.80. The molecule has 0 bridgehead atoms. The molecule has 2 rings (SSSR count). The first-order chi connectivity index (χ1) is 7.69. The summed E-state index contributed by atoms with van der Waals surface area (Å²) in [6, 6.07) is 7.72. The largest absolute Gasteiger partial charge is 0.213 e. The van der Waals surface area contributed by atoms with Crippen LogP contribution in [0, 0.1) is 18.3 Å². The van der Waals surface area contributed by atoms with E-state index in [9.17, 15) is 0 Å². The van der Waals surface area contributed by atoms with Gasteiger partial charge in [0, 0.05) is 9.37 Å². The number of hydrogen-bond acceptors (Lipinski definition) is 5. The van der Waals surface area contributed by atoms with E-state index in [1.54, 1.807) is 17.8 Å². The van der Waals surface area contributed by atoms with E-state index in [-0.39, 0.29) is 0 Å². The molecule has 2 aromatic rings. The minimum Gasteiger partial charge on any atom is -0.213 e. The van der Waals surface area contributed by atoms with Crippen LogP contribution >= 0.6 is 39.2 Å². The summed E-state index contributed by atoms with van der Waals surface area (Å²) >= 11 is 6.29. The highest BCUT2D eigenvalue weighted by atomic mass is 79.9. The van der Waals surface area contributed by atoms with Gasteiger partial charge < -0.3 is 0 Å². The molecule has 0 saturated carbocycles. The lowest BCUT2D eigenvalue weighted by Gasteiger charge is -1.99. The molecule has 0 spiro atoms. The van der Waals surface area contributed by atoms with Crippen LogP contribution in [0.15, 0.2) is 31.9 Å². The Kier molecular flexibility index (Phi) is 3.59. The second kappa shape index (κ2) is 4.95. The monoisotopic (exact) mass is 311 g/mol. The van der Waals surface area contributed by atoms with E-state index in [0.29, 0.717) is 5.56 Å². The van der Waals surface area contributed by atoms with Crippen molar-refractivity contribution in [2.24, 2.45) is 0 Å². The molecular weight excluding hydrogens is 306 g/mol. The van der Waals surface area contributed by atoms with Gasteiger partial charge in [0.05, 0.1) is 5.56 Å². The SMILES string of the molecule is Cc1nsc(Sc2ccc(C#N)c(Br)c2)n1. The number of halogens is 1. The van der Waals surface area contributed by atoms with Gasteiger partial charge in [0.2, 0.25) is 0 Å². The molecule has 6 heteroatoms. The molecule has 0 saturated heterocycles. The van der Waals surface area contributed by atoms with Crippen LogP contribution in [-0.4, -0.2) is 9.36 Å². The van der Waals surface area contributed by atoms with Crippen LogP contribution in [0.4, 0.5) is 0 Å². The topological polar surface area (TPSA) is 49.6 Å². The van der Waals surface area contributed by atoms with Crippen molar-refractivity contribution in [2.75, 3.05) is 0 Å². The predicted octanol–water partition coefficient (Wildman–Crippen LogP) is 3.63. The van der Waals surface area contributed by atoms with Crippen LogP contribution in [0.1, 0.15) is 11.4 Å². The average Bonchev–Trinajstić information content (AvgIpc) is 2.64. The zero-order valence-electron chi connectivity index (χ0n) is 8.27. The van der Waals surface area contributed by atoms with Crippen molar-refractivity contribution in [1.29, 1.82) is 5.26 Å². The lowest BCUT2D eigenvalue weighted by Crippen LogP contribution is -1.79. The number of rotatable bonds is 2. The molecule has 0 aliphatic carbocycles. The molecule has 3 nitrogen and oxygen atoms in total. The zero-order chi connectivity index (χ0) is 11.5. The summed E-state index contributed by atoms with van der Waals surface area (Å²) in [5.41, 5.74) is 0.637. The fourth-order valence-electron chi connectivity index (χ4n) is 1.07. The third kappa shape index (κ3) is 2.61. The lowest BCUT2D eigenvalue weighted by molar-refractivity contribution is 1.10. The Hall–Kier alpha value is -0.900. The fraction of sp³-hybridized carbons (Fsp3) is 0.100. The maximum Gasteiger partial charge on any atom is 0.174 e.